The van der Waals surface area contributed by atoms with Crippen LogP contribution in [-0.4, -0.2) is 84.5 Å². The van der Waals surface area contributed by atoms with Gasteiger partial charge in [0.25, 0.3) is 0 Å². The van der Waals surface area contributed by atoms with Crippen LogP contribution in [0.4, 0.5) is 9.59 Å². The summed E-state index contributed by atoms with van der Waals surface area (Å²) in [6.45, 7) is 14.7. The van der Waals surface area contributed by atoms with E-state index in [-0.39, 0.29) is 12.2 Å². The topological polar surface area (TPSA) is 110 Å². The second-order valence-electron chi connectivity index (χ2n) is 17.5. The van der Waals surface area contributed by atoms with E-state index in [1.807, 2.05) is 75.6 Å². The zero-order valence-electron chi connectivity index (χ0n) is 35.1. The number of rotatable bonds is 14. The SMILES string of the molecule is CC(C)(C)OC(=O)N1CCC(CCCCCc2ccc(S(C)(=O)=O)cc2)CC1.CS(=O)c1ccc(CCCCCC2CCN(C(=O)OC(C)(C)C)CC2)cc1. The normalized spacial score (nSPS) is 16.6. The van der Waals surface area contributed by atoms with Crippen LogP contribution < -0.4 is 0 Å². The number of amides is 2. The van der Waals surface area contributed by atoms with E-state index in [0.29, 0.717) is 10.8 Å². The fourth-order valence-corrected chi connectivity index (χ4v) is 8.24. The molecule has 55 heavy (non-hydrogen) atoms. The van der Waals surface area contributed by atoms with E-state index in [0.717, 1.165) is 81.9 Å². The molecule has 310 valence electrons. The summed E-state index contributed by atoms with van der Waals surface area (Å²) in [5.74, 6) is 1.44. The molecule has 11 heteroatoms. The number of hydrogen-bond acceptors (Lipinski definition) is 7. The van der Waals surface area contributed by atoms with Crippen molar-refractivity contribution in [2.45, 2.75) is 152 Å². The quantitative estimate of drug-likeness (QED) is 0.175. The van der Waals surface area contributed by atoms with Gasteiger partial charge in [-0.3, -0.25) is 4.21 Å². The van der Waals surface area contributed by atoms with E-state index in [2.05, 4.69) is 12.1 Å². The van der Waals surface area contributed by atoms with Gasteiger partial charge in [-0.15, -0.1) is 0 Å². The van der Waals surface area contributed by atoms with Gasteiger partial charge in [-0.25, -0.2) is 18.0 Å². The minimum atomic E-state index is -3.11. The predicted molar refractivity (Wildman–Crippen MR) is 224 cm³/mol. The summed E-state index contributed by atoms with van der Waals surface area (Å²) in [7, 11) is -4.00. The number of aryl methyl sites for hydroxylation is 2. The van der Waals surface area contributed by atoms with Crippen molar-refractivity contribution in [2.75, 3.05) is 38.7 Å². The number of benzene rings is 2. The first-order chi connectivity index (χ1) is 25.8. The van der Waals surface area contributed by atoms with Gasteiger partial charge in [-0.1, -0.05) is 62.8 Å². The number of likely N-dealkylation sites (tertiary alicyclic amines) is 2. The number of hydrogen-bond donors (Lipinski definition) is 0. The first-order valence-corrected chi connectivity index (χ1v) is 23.9. The number of ether oxygens (including phenoxy) is 2. The fourth-order valence-electron chi connectivity index (χ4n) is 7.09. The van der Waals surface area contributed by atoms with Crippen LogP contribution in [0.15, 0.2) is 58.3 Å². The standard InChI is InChI=1S/C22H35NO4S.C22H35NO3S/c1-22(2,3)27-21(24)23-16-14-19(15-17-23)9-7-5-6-8-18-10-12-20(13-11-18)28(4,25)26;1-22(2,3)26-21(24)23-16-14-19(15-17-23)9-7-5-6-8-18-10-12-20(13-11-18)27(4)25/h10-13,19H,5-9,14-17H2,1-4H3;10-13,19H,5-9,14-17H2,1-4H3. The second-order valence-corrected chi connectivity index (χ2v) is 20.9. The third kappa shape index (κ3) is 18.7. The highest BCUT2D eigenvalue weighted by molar-refractivity contribution is 7.90. The number of carbonyl (C=O) groups excluding carboxylic acids is 2. The Morgan fingerprint density at radius 2 is 1.00 bits per heavy atom. The van der Waals surface area contributed by atoms with Gasteiger partial charge in [0, 0.05) is 54.4 Å². The van der Waals surface area contributed by atoms with E-state index < -0.39 is 31.8 Å². The largest absolute Gasteiger partial charge is 0.444 e. The Morgan fingerprint density at radius 3 is 1.33 bits per heavy atom. The maximum atomic E-state index is 12.1. The molecule has 2 aliphatic rings. The smallest absolute Gasteiger partial charge is 0.410 e. The van der Waals surface area contributed by atoms with Crippen LogP contribution in [0.3, 0.4) is 0 Å². The van der Waals surface area contributed by atoms with Gasteiger partial charge >= 0.3 is 12.2 Å². The highest BCUT2D eigenvalue weighted by atomic mass is 32.2. The number of piperidine rings is 2. The van der Waals surface area contributed by atoms with E-state index in [9.17, 15) is 22.2 Å². The third-order valence-corrected chi connectivity index (χ3v) is 12.4. The molecule has 2 fully saturated rings. The summed E-state index contributed by atoms with van der Waals surface area (Å²) in [6, 6.07) is 15.4. The Balaban J connectivity index is 0.000000296. The molecule has 1 atom stereocenters. The van der Waals surface area contributed by atoms with Gasteiger partial charge in [0.15, 0.2) is 9.84 Å². The van der Waals surface area contributed by atoms with Gasteiger partial charge in [-0.2, -0.15) is 0 Å². The highest BCUT2D eigenvalue weighted by Crippen LogP contribution is 2.26. The molecule has 2 aliphatic heterocycles. The van der Waals surface area contributed by atoms with Crippen LogP contribution >= 0.6 is 0 Å². The molecule has 2 amide bonds. The maximum absolute atomic E-state index is 12.1. The van der Waals surface area contributed by atoms with Crippen LogP contribution in [0.25, 0.3) is 0 Å². The molecule has 0 aromatic heterocycles. The number of sulfone groups is 1. The molecule has 4 rings (SSSR count). The van der Waals surface area contributed by atoms with Crippen LogP contribution in [0, 0.1) is 11.8 Å². The van der Waals surface area contributed by atoms with Crippen molar-refractivity contribution >= 4 is 32.8 Å². The number of unbranched alkanes of at least 4 members (excludes halogenated alkanes) is 4. The minimum Gasteiger partial charge on any atom is -0.444 e. The van der Waals surface area contributed by atoms with Crippen LogP contribution in [0.1, 0.15) is 130 Å². The maximum Gasteiger partial charge on any atom is 0.410 e. The molecular weight excluding hydrogens is 733 g/mol. The Bertz CT molecular complexity index is 1580. The van der Waals surface area contributed by atoms with Gasteiger partial charge in [0.05, 0.1) is 4.90 Å². The molecule has 0 spiro atoms. The molecule has 0 radical (unpaired) electrons. The Morgan fingerprint density at radius 1 is 0.636 bits per heavy atom. The zero-order valence-corrected chi connectivity index (χ0v) is 36.7. The van der Waals surface area contributed by atoms with Crippen molar-refractivity contribution < 1.29 is 31.7 Å². The first-order valence-electron chi connectivity index (χ1n) is 20.5. The monoisotopic (exact) mass is 802 g/mol. The van der Waals surface area contributed by atoms with Crippen LogP contribution in [-0.2, 0) is 43.0 Å². The van der Waals surface area contributed by atoms with Crippen molar-refractivity contribution in [3.05, 3.63) is 59.7 Å². The van der Waals surface area contributed by atoms with E-state index in [1.54, 1.807) is 18.4 Å². The predicted octanol–water partition coefficient (Wildman–Crippen LogP) is 10.0. The number of carbonyl (C=O) groups is 2. The molecule has 1 unspecified atom stereocenters. The van der Waals surface area contributed by atoms with Crippen molar-refractivity contribution in [1.82, 2.24) is 9.80 Å². The van der Waals surface area contributed by atoms with Crippen LogP contribution in [0.2, 0.25) is 0 Å². The highest BCUT2D eigenvalue weighted by Gasteiger charge is 2.28. The van der Waals surface area contributed by atoms with Gasteiger partial charge in [0.1, 0.15) is 11.2 Å². The van der Waals surface area contributed by atoms with Crippen molar-refractivity contribution in [3.8, 4) is 0 Å². The number of nitrogens with zero attached hydrogens (tertiary/aromatic N) is 2. The van der Waals surface area contributed by atoms with Gasteiger partial charge < -0.3 is 19.3 Å². The molecule has 0 saturated carbocycles. The third-order valence-electron chi connectivity index (χ3n) is 10.3. The lowest BCUT2D eigenvalue weighted by Crippen LogP contribution is -2.41. The summed E-state index contributed by atoms with van der Waals surface area (Å²) >= 11 is 0. The van der Waals surface area contributed by atoms with E-state index >= 15 is 0 Å². The first kappa shape index (κ1) is 46.5. The lowest BCUT2D eigenvalue weighted by Gasteiger charge is -2.33. The fraction of sp³-hybridized carbons (Fsp3) is 0.682. The Hall–Kier alpha value is -2.92. The van der Waals surface area contributed by atoms with E-state index in [4.69, 9.17) is 9.47 Å². The summed E-state index contributed by atoms with van der Waals surface area (Å²) in [5, 5.41) is 0. The summed E-state index contributed by atoms with van der Waals surface area (Å²) in [4.78, 5) is 29.2. The molecule has 0 aliphatic carbocycles. The van der Waals surface area contributed by atoms with Crippen molar-refractivity contribution in [3.63, 3.8) is 0 Å². The van der Waals surface area contributed by atoms with Crippen molar-refractivity contribution in [1.29, 1.82) is 0 Å². The average Bonchev–Trinajstić information content (AvgIpc) is 3.11. The molecule has 2 aromatic carbocycles. The summed E-state index contributed by atoms with van der Waals surface area (Å²) in [6.07, 6.45) is 18.7. The molecule has 2 aromatic rings. The minimum absolute atomic E-state index is 0.168. The Labute approximate surface area is 335 Å². The van der Waals surface area contributed by atoms with Crippen molar-refractivity contribution in [2.24, 2.45) is 11.8 Å². The van der Waals surface area contributed by atoms with E-state index in [1.165, 1.54) is 62.3 Å². The molecule has 2 saturated heterocycles. The Kier molecular flexibility index (Phi) is 18.7. The molecule has 9 nitrogen and oxygen atoms in total. The zero-order chi connectivity index (χ0) is 40.6. The van der Waals surface area contributed by atoms with Gasteiger partial charge in [0.2, 0.25) is 0 Å². The summed E-state index contributed by atoms with van der Waals surface area (Å²) in [5.41, 5.74) is 1.67. The lowest BCUT2D eigenvalue weighted by molar-refractivity contribution is 0.0170. The lowest BCUT2D eigenvalue weighted by atomic mass is 9.91. The molecule has 0 bridgehead atoms. The average molecular weight is 803 g/mol. The molecule has 0 N–H and O–H groups in total. The molecule has 2 heterocycles. The molecular formula is C44H70N2O7S2. The van der Waals surface area contributed by atoms with Crippen LogP contribution in [0.5, 0.6) is 0 Å². The second kappa shape index (κ2) is 22.1. The summed E-state index contributed by atoms with van der Waals surface area (Å²) < 4.78 is 45.3. The van der Waals surface area contributed by atoms with Gasteiger partial charge in [-0.05, 0) is 140 Å².